The third-order valence-electron chi connectivity index (χ3n) is 2.62. The van der Waals surface area contributed by atoms with E-state index in [1.54, 1.807) is 7.11 Å². The zero-order valence-corrected chi connectivity index (χ0v) is 14.5. The Bertz CT molecular complexity index is 442. The maximum absolute atomic E-state index is 11.8. The molecule has 3 nitrogen and oxygen atoms in total. The molecular formula is C12H14I2O3. The highest BCUT2D eigenvalue weighted by Crippen LogP contribution is 2.36. The van der Waals surface area contributed by atoms with Crippen LogP contribution in [0.1, 0.15) is 19.4 Å². The Morgan fingerprint density at radius 2 is 1.82 bits per heavy atom. The molecule has 0 heterocycles. The highest BCUT2D eigenvalue weighted by atomic mass is 127. The summed E-state index contributed by atoms with van der Waals surface area (Å²) in [6, 6.07) is 3.89. The summed E-state index contributed by atoms with van der Waals surface area (Å²) in [5.74, 6) is 0.555. The zero-order valence-electron chi connectivity index (χ0n) is 10.1. The molecule has 5 heteroatoms. The molecule has 0 aliphatic rings. The van der Waals surface area contributed by atoms with E-state index in [-0.39, 0.29) is 5.97 Å². The van der Waals surface area contributed by atoms with Crippen molar-refractivity contribution in [3.8, 4) is 5.75 Å². The topological polar surface area (TPSA) is 35.5 Å². The number of ether oxygens (including phenoxy) is 2. The lowest BCUT2D eigenvalue weighted by Gasteiger charge is -2.24. The lowest BCUT2D eigenvalue weighted by Crippen LogP contribution is -2.31. The van der Waals surface area contributed by atoms with E-state index in [1.807, 2.05) is 26.0 Å². The molecule has 0 spiro atoms. The highest BCUT2D eigenvalue weighted by Gasteiger charge is 2.34. The van der Waals surface area contributed by atoms with Crippen LogP contribution >= 0.6 is 45.2 Å². The number of benzene rings is 1. The van der Waals surface area contributed by atoms with Crippen molar-refractivity contribution < 1.29 is 14.3 Å². The number of rotatable bonds is 3. The summed E-state index contributed by atoms with van der Waals surface area (Å²) in [4.78, 5) is 11.8. The molecule has 0 aromatic heterocycles. The van der Waals surface area contributed by atoms with Gasteiger partial charge in [-0.15, -0.1) is 0 Å². The van der Waals surface area contributed by atoms with Crippen molar-refractivity contribution in [3.05, 3.63) is 24.8 Å². The Hall–Kier alpha value is -0.0500. The minimum absolute atomic E-state index is 0.251. The first-order valence-electron chi connectivity index (χ1n) is 4.97. The molecule has 1 rings (SSSR count). The zero-order chi connectivity index (χ0) is 13.2. The molecule has 0 N–H and O–H groups in total. The summed E-state index contributed by atoms with van der Waals surface area (Å²) in [5.41, 5.74) is 0.241. The van der Waals surface area contributed by atoms with Crippen molar-refractivity contribution in [2.45, 2.75) is 19.3 Å². The van der Waals surface area contributed by atoms with E-state index in [4.69, 9.17) is 9.47 Å². The van der Waals surface area contributed by atoms with Crippen LogP contribution in [0.25, 0.3) is 0 Å². The summed E-state index contributed by atoms with van der Waals surface area (Å²) in [6.45, 7) is 3.70. The molecular weight excluding hydrogens is 446 g/mol. The highest BCUT2D eigenvalue weighted by molar-refractivity contribution is 14.1. The molecule has 94 valence electrons. The summed E-state index contributed by atoms with van der Waals surface area (Å²) in [5, 5.41) is 0. The summed E-state index contributed by atoms with van der Waals surface area (Å²) >= 11 is 4.42. The fraction of sp³-hybridized carbons (Fsp3) is 0.417. The lowest BCUT2D eigenvalue weighted by molar-refractivity contribution is -0.146. The maximum atomic E-state index is 11.8. The van der Waals surface area contributed by atoms with Gasteiger partial charge in [0.05, 0.1) is 26.8 Å². The van der Waals surface area contributed by atoms with Crippen LogP contribution in [0.3, 0.4) is 0 Å². The van der Waals surface area contributed by atoms with Crippen LogP contribution < -0.4 is 4.74 Å². The van der Waals surface area contributed by atoms with Crippen molar-refractivity contribution in [2.75, 3.05) is 14.2 Å². The van der Waals surface area contributed by atoms with Crippen molar-refractivity contribution >= 4 is 51.2 Å². The Kier molecular flexibility index (Phi) is 5.06. The second kappa shape index (κ2) is 5.73. The van der Waals surface area contributed by atoms with Gasteiger partial charge in [-0.05, 0) is 70.7 Å². The fourth-order valence-corrected chi connectivity index (χ4v) is 4.12. The van der Waals surface area contributed by atoms with Crippen LogP contribution in [-0.4, -0.2) is 20.2 Å². The number of methoxy groups -OCH3 is 2. The number of carbonyl (C=O) groups is 1. The molecule has 0 saturated carbocycles. The molecule has 0 bridgehead atoms. The minimum atomic E-state index is -0.678. The second-order valence-electron chi connectivity index (χ2n) is 4.06. The summed E-state index contributed by atoms with van der Waals surface area (Å²) < 4.78 is 12.2. The monoisotopic (exact) mass is 460 g/mol. The number of carbonyl (C=O) groups excluding carboxylic acids is 1. The van der Waals surface area contributed by atoms with Gasteiger partial charge in [0.25, 0.3) is 0 Å². The SMILES string of the molecule is COC(=O)C(C)(C)c1ccc(I)c(OC)c1I. The number of halogens is 2. The van der Waals surface area contributed by atoms with E-state index in [0.29, 0.717) is 0 Å². The first-order valence-corrected chi connectivity index (χ1v) is 7.13. The normalized spacial score (nSPS) is 11.2. The Balaban J connectivity index is 3.38. The largest absolute Gasteiger partial charge is 0.495 e. The fourth-order valence-electron chi connectivity index (χ4n) is 1.57. The second-order valence-corrected chi connectivity index (χ2v) is 6.30. The van der Waals surface area contributed by atoms with Gasteiger partial charge in [0.1, 0.15) is 5.75 Å². The molecule has 17 heavy (non-hydrogen) atoms. The Labute approximate surface area is 129 Å². The van der Waals surface area contributed by atoms with Gasteiger partial charge < -0.3 is 9.47 Å². The van der Waals surface area contributed by atoms with E-state index in [1.165, 1.54) is 7.11 Å². The van der Waals surface area contributed by atoms with Crippen LogP contribution in [0.15, 0.2) is 12.1 Å². The van der Waals surface area contributed by atoms with Crippen LogP contribution in [0.2, 0.25) is 0 Å². The molecule has 0 radical (unpaired) electrons. The van der Waals surface area contributed by atoms with E-state index >= 15 is 0 Å². The van der Waals surface area contributed by atoms with Crippen molar-refractivity contribution in [1.29, 1.82) is 0 Å². The van der Waals surface area contributed by atoms with Crippen molar-refractivity contribution in [1.82, 2.24) is 0 Å². The van der Waals surface area contributed by atoms with E-state index in [2.05, 4.69) is 45.2 Å². The van der Waals surface area contributed by atoms with Crippen LogP contribution in [0.5, 0.6) is 5.75 Å². The van der Waals surface area contributed by atoms with Gasteiger partial charge in [-0.25, -0.2) is 0 Å². The van der Waals surface area contributed by atoms with Gasteiger partial charge in [-0.3, -0.25) is 4.79 Å². The molecule has 0 amide bonds. The molecule has 0 fully saturated rings. The van der Waals surface area contributed by atoms with Crippen LogP contribution in [0.4, 0.5) is 0 Å². The standard InChI is InChI=1S/C12H14I2O3/c1-12(2,11(15)17-4)7-5-6-8(13)10(16-3)9(7)14/h5-6H,1-4H3. The van der Waals surface area contributed by atoms with Crippen LogP contribution in [-0.2, 0) is 14.9 Å². The average Bonchev–Trinajstić information content (AvgIpc) is 2.28. The third-order valence-corrected chi connectivity index (χ3v) is 4.54. The number of hydrogen-bond acceptors (Lipinski definition) is 3. The van der Waals surface area contributed by atoms with E-state index in [0.717, 1.165) is 18.5 Å². The van der Waals surface area contributed by atoms with Gasteiger partial charge >= 0.3 is 5.97 Å². The predicted molar refractivity (Wildman–Crippen MR) is 83.5 cm³/mol. The van der Waals surface area contributed by atoms with Crippen molar-refractivity contribution in [2.24, 2.45) is 0 Å². The average molecular weight is 460 g/mol. The maximum Gasteiger partial charge on any atom is 0.315 e. The molecule has 0 saturated heterocycles. The predicted octanol–water partition coefficient (Wildman–Crippen LogP) is 3.36. The van der Waals surface area contributed by atoms with Gasteiger partial charge in [-0.1, -0.05) is 6.07 Å². The van der Waals surface area contributed by atoms with Gasteiger partial charge in [-0.2, -0.15) is 0 Å². The van der Waals surface area contributed by atoms with E-state index in [9.17, 15) is 4.79 Å². The minimum Gasteiger partial charge on any atom is -0.495 e. The smallest absolute Gasteiger partial charge is 0.315 e. The lowest BCUT2D eigenvalue weighted by atomic mass is 9.84. The van der Waals surface area contributed by atoms with Gasteiger partial charge in [0, 0.05) is 0 Å². The first-order chi connectivity index (χ1) is 7.86. The summed E-state index contributed by atoms with van der Waals surface area (Å²) in [6.07, 6.45) is 0. The number of esters is 1. The molecule has 0 unspecified atom stereocenters. The molecule has 0 atom stereocenters. The van der Waals surface area contributed by atoms with Crippen molar-refractivity contribution in [3.63, 3.8) is 0 Å². The first kappa shape index (κ1) is 15.0. The Morgan fingerprint density at radius 3 is 2.29 bits per heavy atom. The third kappa shape index (κ3) is 2.86. The quantitative estimate of drug-likeness (QED) is 0.513. The Morgan fingerprint density at radius 1 is 1.24 bits per heavy atom. The number of hydrogen-bond donors (Lipinski definition) is 0. The molecule has 1 aromatic rings. The van der Waals surface area contributed by atoms with Gasteiger partial charge in [0.15, 0.2) is 0 Å². The summed E-state index contributed by atoms with van der Waals surface area (Å²) in [7, 11) is 3.04. The molecule has 0 aliphatic heterocycles. The van der Waals surface area contributed by atoms with Crippen LogP contribution in [0, 0.1) is 7.14 Å². The molecule has 0 aliphatic carbocycles. The molecule has 1 aromatic carbocycles. The van der Waals surface area contributed by atoms with Gasteiger partial charge in [0.2, 0.25) is 0 Å². The van der Waals surface area contributed by atoms with E-state index < -0.39 is 5.41 Å².